The number of nitrogens with one attached hydrogen (secondary N) is 1. The first-order valence-electron chi connectivity index (χ1n) is 5.93. The number of rotatable bonds is 4. The Hall–Kier alpha value is -1.22. The van der Waals surface area contributed by atoms with Crippen molar-refractivity contribution in [3.63, 3.8) is 0 Å². The summed E-state index contributed by atoms with van der Waals surface area (Å²) in [5, 5.41) is 21.8. The highest BCUT2D eigenvalue weighted by Crippen LogP contribution is 2.39. The molecule has 0 spiro atoms. The molecule has 9 heteroatoms. The number of ether oxygens (including phenoxy) is 1. The smallest absolute Gasteiger partial charge is 0.351 e. The molecule has 20 heavy (non-hydrogen) atoms. The van der Waals surface area contributed by atoms with Gasteiger partial charge in [-0.15, -0.1) is 11.6 Å². The van der Waals surface area contributed by atoms with E-state index in [1.165, 1.54) is 12.3 Å². The van der Waals surface area contributed by atoms with Gasteiger partial charge in [0.05, 0.1) is 12.5 Å². The molecule has 7 nitrogen and oxygen atoms in total. The summed E-state index contributed by atoms with van der Waals surface area (Å²) in [6, 6.07) is 1.46. The maximum absolute atomic E-state index is 14.2. The zero-order valence-electron chi connectivity index (χ0n) is 10.7. The summed E-state index contributed by atoms with van der Waals surface area (Å²) in [6.07, 6.45) is -3.62. The predicted octanol–water partition coefficient (Wildman–Crippen LogP) is -0.517. The summed E-state index contributed by atoms with van der Waals surface area (Å²) < 4.78 is 20.4. The number of alkyl halides is 2. The van der Waals surface area contributed by atoms with Crippen LogP contribution in [0.3, 0.4) is 0 Å². The lowest BCUT2D eigenvalue weighted by Crippen LogP contribution is -2.47. The number of nitrogens with zero attached hydrogens (tertiary/aromatic N) is 2. The topological polar surface area (TPSA) is 96.6 Å². The quantitative estimate of drug-likeness (QED) is 0.648. The summed E-state index contributed by atoms with van der Waals surface area (Å²) in [6.45, 7) is -0.661. The average molecular weight is 308 g/mol. The van der Waals surface area contributed by atoms with Crippen LogP contribution in [-0.4, -0.2) is 57.2 Å². The molecule has 1 aliphatic rings. The first kappa shape index (κ1) is 15.2. The maximum atomic E-state index is 14.2. The van der Waals surface area contributed by atoms with Crippen molar-refractivity contribution in [2.24, 2.45) is 0 Å². The molecule has 0 radical (unpaired) electrons. The molecule has 1 aromatic heterocycles. The van der Waals surface area contributed by atoms with E-state index in [0.29, 0.717) is 5.82 Å². The van der Waals surface area contributed by atoms with Gasteiger partial charge in [-0.2, -0.15) is 4.98 Å². The van der Waals surface area contributed by atoms with E-state index in [0.717, 1.165) is 4.57 Å². The predicted molar refractivity (Wildman–Crippen MR) is 69.6 cm³/mol. The molecule has 2 heterocycles. The van der Waals surface area contributed by atoms with Gasteiger partial charge in [0.15, 0.2) is 12.4 Å². The molecule has 2 rings (SSSR count). The molecular weight excluding hydrogens is 293 g/mol. The fourth-order valence-electron chi connectivity index (χ4n) is 2.06. The van der Waals surface area contributed by atoms with Crippen LogP contribution in [0.1, 0.15) is 6.23 Å². The Bertz CT molecular complexity index is 537. The zero-order chi connectivity index (χ0) is 14.9. The number of hydrogen-bond acceptors (Lipinski definition) is 6. The average Bonchev–Trinajstić information content (AvgIpc) is 2.72. The van der Waals surface area contributed by atoms with Crippen LogP contribution in [0.2, 0.25) is 0 Å². The molecule has 0 aromatic carbocycles. The van der Waals surface area contributed by atoms with E-state index in [4.69, 9.17) is 16.3 Å². The highest BCUT2D eigenvalue weighted by atomic mass is 35.5. The Morgan fingerprint density at radius 2 is 2.40 bits per heavy atom. The number of aliphatic hydroxyl groups excluding tert-OH is 2. The number of halogens is 2. The van der Waals surface area contributed by atoms with Crippen molar-refractivity contribution in [1.29, 1.82) is 0 Å². The molecule has 1 fully saturated rings. The van der Waals surface area contributed by atoms with E-state index in [1.807, 2.05) is 0 Å². The van der Waals surface area contributed by atoms with E-state index in [-0.39, 0.29) is 5.88 Å². The van der Waals surface area contributed by atoms with Crippen molar-refractivity contribution in [3.8, 4) is 0 Å². The number of aliphatic hydroxyl groups is 2. The summed E-state index contributed by atoms with van der Waals surface area (Å²) in [5.41, 5.74) is -2.37. The molecule has 0 amide bonds. The van der Waals surface area contributed by atoms with E-state index in [2.05, 4.69) is 10.3 Å². The van der Waals surface area contributed by atoms with Crippen molar-refractivity contribution in [3.05, 3.63) is 22.7 Å². The fraction of sp³-hybridized carbons (Fsp3) is 0.636. The number of anilines is 1. The Balaban J connectivity index is 2.37. The molecule has 0 aliphatic carbocycles. The minimum atomic E-state index is -1.90. The van der Waals surface area contributed by atoms with Gasteiger partial charge in [-0.25, -0.2) is 9.18 Å². The Morgan fingerprint density at radius 3 is 2.85 bits per heavy atom. The van der Waals surface area contributed by atoms with E-state index < -0.39 is 36.4 Å². The molecule has 1 aliphatic heterocycles. The van der Waals surface area contributed by atoms with Gasteiger partial charge in [-0.3, -0.25) is 4.57 Å². The fourth-order valence-corrected chi connectivity index (χ4v) is 2.37. The highest BCUT2D eigenvalue weighted by molar-refractivity contribution is 6.18. The third-order valence-corrected chi connectivity index (χ3v) is 3.78. The second kappa shape index (κ2) is 5.65. The molecule has 4 atom stereocenters. The monoisotopic (exact) mass is 307 g/mol. The van der Waals surface area contributed by atoms with Crippen LogP contribution in [0.25, 0.3) is 0 Å². The third-order valence-electron chi connectivity index (χ3n) is 3.32. The van der Waals surface area contributed by atoms with Crippen molar-refractivity contribution >= 4 is 17.4 Å². The lowest BCUT2D eigenvalue weighted by atomic mass is 9.99. The molecule has 1 aromatic rings. The molecular formula is C11H15ClFN3O4. The lowest BCUT2D eigenvalue weighted by molar-refractivity contribution is -0.115. The minimum absolute atomic E-state index is 0.307. The van der Waals surface area contributed by atoms with E-state index in [1.54, 1.807) is 7.05 Å². The highest BCUT2D eigenvalue weighted by Gasteiger charge is 2.55. The largest absolute Gasteiger partial charge is 0.393 e. The second-order valence-electron chi connectivity index (χ2n) is 4.51. The van der Waals surface area contributed by atoms with Crippen LogP contribution in [-0.2, 0) is 4.74 Å². The van der Waals surface area contributed by atoms with Crippen molar-refractivity contribution in [2.75, 3.05) is 24.9 Å². The first-order valence-corrected chi connectivity index (χ1v) is 6.46. The lowest BCUT2D eigenvalue weighted by Gasteiger charge is -2.26. The molecule has 4 unspecified atom stereocenters. The van der Waals surface area contributed by atoms with Gasteiger partial charge in [-0.1, -0.05) is 0 Å². The van der Waals surface area contributed by atoms with Gasteiger partial charge < -0.3 is 20.3 Å². The van der Waals surface area contributed by atoms with Gasteiger partial charge in [0.1, 0.15) is 17.5 Å². The van der Waals surface area contributed by atoms with Crippen LogP contribution in [0.15, 0.2) is 17.1 Å². The van der Waals surface area contributed by atoms with Gasteiger partial charge in [0.25, 0.3) is 0 Å². The van der Waals surface area contributed by atoms with Crippen LogP contribution >= 0.6 is 11.6 Å². The number of aromatic nitrogens is 2. The number of hydrogen-bond donors (Lipinski definition) is 3. The standard InChI is InChI=1S/C11H15ClFN3O4/c1-14-6-2-3-16(10(19)15-6)9-7(13)8(18)11(4-12,5-17)20-9/h2-3,7-9,17-18H,4-5H2,1H3,(H,14,15,19). The van der Waals surface area contributed by atoms with Gasteiger partial charge in [-0.05, 0) is 6.07 Å². The summed E-state index contributed by atoms with van der Waals surface area (Å²) in [5.74, 6) is 0.0178. The van der Waals surface area contributed by atoms with Crippen LogP contribution in [0.5, 0.6) is 0 Å². The molecule has 0 bridgehead atoms. The van der Waals surface area contributed by atoms with E-state index >= 15 is 0 Å². The molecule has 112 valence electrons. The Labute approximate surface area is 119 Å². The van der Waals surface area contributed by atoms with Crippen molar-refractivity contribution < 1.29 is 19.3 Å². The zero-order valence-corrected chi connectivity index (χ0v) is 11.4. The third kappa shape index (κ3) is 2.28. The normalized spacial score (nSPS) is 33.4. The van der Waals surface area contributed by atoms with Crippen LogP contribution in [0.4, 0.5) is 10.2 Å². The van der Waals surface area contributed by atoms with Crippen molar-refractivity contribution in [1.82, 2.24) is 9.55 Å². The molecule has 1 saturated heterocycles. The summed E-state index contributed by atoms with van der Waals surface area (Å²) >= 11 is 5.64. The van der Waals surface area contributed by atoms with Gasteiger partial charge in [0, 0.05) is 13.2 Å². The minimum Gasteiger partial charge on any atom is -0.393 e. The van der Waals surface area contributed by atoms with Crippen LogP contribution < -0.4 is 11.0 Å². The molecule has 3 N–H and O–H groups in total. The Morgan fingerprint density at radius 1 is 1.70 bits per heavy atom. The summed E-state index contributed by atoms with van der Waals surface area (Å²) in [4.78, 5) is 15.5. The van der Waals surface area contributed by atoms with Crippen LogP contribution in [0, 0.1) is 0 Å². The van der Waals surface area contributed by atoms with Gasteiger partial charge in [0.2, 0.25) is 0 Å². The second-order valence-corrected chi connectivity index (χ2v) is 4.77. The first-order chi connectivity index (χ1) is 9.49. The maximum Gasteiger partial charge on any atom is 0.351 e. The van der Waals surface area contributed by atoms with E-state index in [9.17, 15) is 19.4 Å². The van der Waals surface area contributed by atoms with Gasteiger partial charge >= 0.3 is 5.69 Å². The Kier molecular flexibility index (Phi) is 4.28. The summed E-state index contributed by atoms with van der Waals surface area (Å²) in [7, 11) is 1.59. The SMILES string of the molecule is CNc1ccn(C2OC(CO)(CCl)C(O)C2F)c(=O)n1. The van der Waals surface area contributed by atoms with Crippen molar-refractivity contribution in [2.45, 2.75) is 24.1 Å². The molecule has 0 saturated carbocycles.